The van der Waals surface area contributed by atoms with Gasteiger partial charge in [-0.05, 0) is 55.4 Å². The molecule has 2 amide bonds. The molecule has 0 saturated heterocycles. The normalized spacial score (nSPS) is 17.6. The van der Waals surface area contributed by atoms with Gasteiger partial charge in [-0.1, -0.05) is 19.9 Å². The molecule has 0 saturated carbocycles. The number of nitrogens with zero attached hydrogens (tertiary/aromatic N) is 3. The summed E-state index contributed by atoms with van der Waals surface area (Å²) in [7, 11) is 4.79. The number of nitrogens with one attached hydrogen (secondary N) is 1. The summed E-state index contributed by atoms with van der Waals surface area (Å²) in [5, 5.41) is 3.10. The van der Waals surface area contributed by atoms with E-state index in [0.29, 0.717) is 29.2 Å². The van der Waals surface area contributed by atoms with Crippen LogP contribution in [0.5, 0.6) is 11.5 Å². The molecule has 2 atom stereocenters. The van der Waals surface area contributed by atoms with Gasteiger partial charge in [0.2, 0.25) is 5.91 Å². The maximum Gasteiger partial charge on any atom is 0.254 e. The van der Waals surface area contributed by atoms with E-state index in [4.69, 9.17) is 9.47 Å². The third kappa shape index (κ3) is 5.11. The molecule has 3 rings (SSSR count). The summed E-state index contributed by atoms with van der Waals surface area (Å²) in [5.74, 6) is 0.0239. The number of pyridine rings is 1. The molecule has 1 aromatic carbocycles. The van der Waals surface area contributed by atoms with Crippen LogP contribution in [0.4, 0.5) is 0 Å². The van der Waals surface area contributed by atoms with Gasteiger partial charge in [0, 0.05) is 31.5 Å². The smallest absolute Gasteiger partial charge is 0.254 e. The molecule has 178 valence electrons. The Balaban J connectivity index is 1.98. The highest BCUT2D eigenvalue weighted by atomic mass is 16.5. The molecule has 0 radical (unpaired) electrons. The lowest BCUT2D eigenvalue weighted by Crippen LogP contribution is -2.46. The van der Waals surface area contributed by atoms with E-state index in [0.717, 1.165) is 31.6 Å². The molecule has 1 aliphatic heterocycles. The minimum absolute atomic E-state index is 0.129. The molecular weight excluding hydrogens is 420 g/mol. The molecule has 2 aromatic rings. The van der Waals surface area contributed by atoms with E-state index in [1.54, 1.807) is 43.6 Å². The lowest BCUT2D eigenvalue weighted by atomic mass is 9.79. The van der Waals surface area contributed by atoms with E-state index in [1.165, 1.54) is 7.11 Å². The first-order chi connectivity index (χ1) is 16.0. The molecule has 2 heterocycles. The zero-order chi connectivity index (χ0) is 24.0. The molecule has 8 heteroatoms. The van der Waals surface area contributed by atoms with Gasteiger partial charge < -0.3 is 24.6 Å². The van der Waals surface area contributed by atoms with Crippen LogP contribution in [0.1, 0.15) is 53.7 Å². The summed E-state index contributed by atoms with van der Waals surface area (Å²) in [6.45, 7) is 7.72. The summed E-state index contributed by atoms with van der Waals surface area (Å²) < 4.78 is 10.9. The molecule has 2 unspecified atom stereocenters. The summed E-state index contributed by atoms with van der Waals surface area (Å²) in [6, 6.07) is 6.64. The first-order valence-electron chi connectivity index (χ1n) is 11.4. The number of benzene rings is 1. The molecule has 8 nitrogen and oxygen atoms in total. The first kappa shape index (κ1) is 24.5. The molecule has 0 bridgehead atoms. The molecule has 1 N–H and O–H groups in total. The minimum Gasteiger partial charge on any atom is -0.493 e. The van der Waals surface area contributed by atoms with Crippen molar-refractivity contribution in [1.82, 2.24) is 20.1 Å². The molecule has 0 aliphatic carbocycles. The Labute approximate surface area is 195 Å². The van der Waals surface area contributed by atoms with Crippen molar-refractivity contribution in [2.45, 2.75) is 32.2 Å². The van der Waals surface area contributed by atoms with Crippen LogP contribution in [0.2, 0.25) is 0 Å². The number of likely N-dealkylation sites (N-methyl/N-ethyl adjacent to an activating group) is 1. The van der Waals surface area contributed by atoms with Gasteiger partial charge in [-0.3, -0.25) is 14.6 Å². The lowest BCUT2D eigenvalue weighted by Gasteiger charge is -2.40. The van der Waals surface area contributed by atoms with Crippen LogP contribution < -0.4 is 14.8 Å². The van der Waals surface area contributed by atoms with Crippen molar-refractivity contribution in [3.63, 3.8) is 0 Å². The number of carbonyl (C=O) groups excluding carboxylic acids is 2. The Morgan fingerprint density at radius 3 is 2.48 bits per heavy atom. The van der Waals surface area contributed by atoms with E-state index in [2.05, 4.69) is 29.0 Å². The first-order valence-corrected chi connectivity index (χ1v) is 11.4. The fourth-order valence-corrected chi connectivity index (χ4v) is 4.46. The van der Waals surface area contributed by atoms with Crippen LogP contribution >= 0.6 is 0 Å². The maximum absolute atomic E-state index is 13.6. The monoisotopic (exact) mass is 454 g/mol. The van der Waals surface area contributed by atoms with E-state index in [1.807, 2.05) is 12.1 Å². The quantitative estimate of drug-likeness (QED) is 0.556. The van der Waals surface area contributed by atoms with E-state index < -0.39 is 12.0 Å². The van der Waals surface area contributed by atoms with Crippen LogP contribution in [0.25, 0.3) is 0 Å². The molecular formula is C25H34N4O4. The number of hydrogen-bond acceptors (Lipinski definition) is 6. The van der Waals surface area contributed by atoms with Gasteiger partial charge in [-0.15, -0.1) is 0 Å². The van der Waals surface area contributed by atoms with E-state index >= 15 is 0 Å². The van der Waals surface area contributed by atoms with Gasteiger partial charge in [0.15, 0.2) is 11.5 Å². The van der Waals surface area contributed by atoms with Crippen LogP contribution in [-0.2, 0) is 4.79 Å². The maximum atomic E-state index is 13.6. The van der Waals surface area contributed by atoms with Gasteiger partial charge in [-0.2, -0.15) is 0 Å². The number of methoxy groups -OCH3 is 2. The number of fused-ring (bicyclic) bond motifs is 1. The summed E-state index contributed by atoms with van der Waals surface area (Å²) >= 11 is 0. The van der Waals surface area contributed by atoms with Gasteiger partial charge in [0.1, 0.15) is 0 Å². The van der Waals surface area contributed by atoms with Crippen molar-refractivity contribution in [2.24, 2.45) is 0 Å². The second kappa shape index (κ2) is 11.1. The minimum atomic E-state index is -0.611. The largest absolute Gasteiger partial charge is 0.493 e. The van der Waals surface area contributed by atoms with Crippen molar-refractivity contribution in [1.29, 1.82) is 0 Å². The second-order valence-electron chi connectivity index (χ2n) is 8.09. The van der Waals surface area contributed by atoms with Crippen LogP contribution in [0, 0.1) is 0 Å². The van der Waals surface area contributed by atoms with Crippen LogP contribution in [-0.4, -0.2) is 74.0 Å². The zero-order valence-corrected chi connectivity index (χ0v) is 20.1. The predicted octanol–water partition coefficient (Wildman–Crippen LogP) is 2.86. The van der Waals surface area contributed by atoms with Gasteiger partial charge in [0.25, 0.3) is 5.91 Å². The molecule has 0 fully saturated rings. The number of hydrogen-bond donors (Lipinski definition) is 1. The third-order valence-electron chi connectivity index (χ3n) is 6.33. The molecule has 1 aliphatic rings. The Hall–Kier alpha value is -3.13. The van der Waals surface area contributed by atoms with Crippen LogP contribution in [0.15, 0.2) is 36.7 Å². The van der Waals surface area contributed by atoms with Crippen molar-refractivity contribution in [3.05, 3.63) is 53.3 Å². The van der Waals surface area contributed by atoms with Crippen LogP contribution in [0.3, 0.4) is 0 Å². The highest BCUT2D eigenvalue weighted by Crippen LogP contribution is 2.45. The highest BCUT2D eigenvalue weighted by molar-refractivity contribution is 6.02. The van der Waals surface area contributed by atoms with Crippen molar-refractivity contribution >= 4 is 11.8 Å². The highest BCUT2D eigenvalue weighted by Gasteiger charge is 2.43. The molecule has 0 spiro atoms. The molecule has 33 heavy (non-hydrogen) atoms. The summed E-state index contributed by atoms with van der Waals surface area (Å²) in [4.78, 5) is 35.1. The standard InChI is InChI=1S/C25H34N4O4/c1-6-29(7-2)13-9-12-27-24(30)22-18-14-20(32-4)21(33-5)15-19(18)25(31)28(3)23(22)17-10-8-11-26-16-17/h8,10-11,14-16,22-23H,6-7,9,12-13H2,1-5H3,(H,27,30). The Morgan fingerprint density at radius 2 is 1.88 bits per heavy atom. The fraction of sp³-hybridized carbons (Fsp3) is 0.480. The number of carbonyl (C=O) groups is 2. The number of amides is 2. The topological polar surface area (TPSA) is 84.0 Å². The van der Waals surface area contributed by atoms with E-state index in [9.17, 15) is 9.59 Å². The lowest BCUT2D eigenvalue weighted by molar-refractivity contribution is -0.124. The zero-order valence-electron chi connectivity index (χ0n) is 20.1. The Morgan fingerprint density at radius 1 is 1.18 bits per heavy atom. The average Bonchev–Trinajstić information content (AvgIpc) is 2.85. The Bertz CT molecular complexity index is 962. The van der Waals surface area contributed by atoms with E-state index in [-0.39, 0.29) is 11.8 Å². The third-order valence-corrected chi connectivity index (χ3v) is 6.33. The fourth-order valence-electron chi connectivity index (χ4n) is 4.46. The van der Waals surface area contributed by atoms with Gasteiger partial charge in [0.05, 0.1) is 26.2 Å². The van der Waals surface area contributed by atoms with Gasteiger partial charge >= 0.3 is 0 Å². The molecule has 1 aromatic heterocycles. The Kier molecular flexibility index (Phi) is 8.27. The predicted molar refractivity (Wildman–Crippen MR) is 127 cm³/mol. The van der Waals surface area contributed by atoms with Crippen molar-refractivity contribution < 1.29 is 19.1 Å². The van der Waals surface area contributed by atoms with Crippen molar-refractivity contribution in [3.8, 4) is 11.5 Å². The number of ether oxygens (including phenoxy) is 2. The SMILES string of the molecule is CCN(CC)CCCNC(=O)C1c2cc(OC)c(OC)cc2C(=O)N(C)C1c1cccnc1. The summed E-state index contributed by atoms with van der Waals surface area (Å²) in [5.41, 5.74) is 1.88. The second-order valence-corrected chi connectivity index (χ2v) is 8.09. The van der Waals surface area contributed by atoms with Crippen molar-refractivity contribution in [2.75, 3.05) is 47.4 Å². The average molecular weight is 455 g/mol. The number of aromatic nitrogens is 1. The summed E-state index contributed by atoms with van der Waals surface area (Å²) in [6.07, 6.45) is 4.24. The number of rotatable bonds is 10. The van der Waals surface area contributed by atoms with Gasteiger partial charge in [-0.25, -0.2) is 0 Å².